The quantitative estimate of drug-likeness (QED) is 0.748. The van der Waals surface area contributed by atoms with Crippen molar-refractivity contribution in [2.75, 3.05) is 26.2 Å². The van der Waals surface area contributed by atoms with Gasteiger partial charge in [-0.3, -0.25) is 4.79 Å². The van der Waals surface area contributed by atoms with Crippen LogP contribution in [0.2, 0.25) is 0 Å². The Kier molecular flexibility index (Phi) is 7.33. The summed E-state index contributed by atoms with van der Waals surface area (Å²) in [7, 11) is 0. The van der Waals surface area contributed by atoms with Crippen LogP contribution in [0.1, 0.15) is 39.0 Å². The standard InChI is InChI=1S/C18H27FN2O2/c1-15(14-21-11-5-2-6-12-21)20-18(22)10-7-13-23-17-9-4-3-8-16(17)19/h3-4,8-9,15H,2,5-7,10-14H2,1H3,(H,20,22). The van der Waals surface area contributed by atoms with Gasteiger partial charge in [-0.2, -0.15) is 0 Å². The van der Waals surface area contributed by atoms with Crippen LogP contribution < -0.4 is 10.1 Å². The van der Waals surface area contributed by atoms with Crippen molar-refractivity contribution < 1.29 is 13.9 Å². The lowest BCUT2D eigenvalue weighted by atomic mass is 10.1. The molecule has 1 unspecified atom stereocenters. The van der Waals surface area contributed by atoms with Crippen molar-refractivity contribution >= 4 is 5.91 Å². The van der Waals surface area contributed by atoms with Crippen LogP contribution in [0.25, 0.3) is 0 Å². The van der Waals surface area contributed by atoms with Crippen LogP contribution in [-0.4, -0.2) is 43.1 Å². The summed E-state index contributed by atoms with van der Waals surface area (Å²) in [6, 6.07) is 6.47. The molecule has 128 valence electrons. The molecule has 0 bridgehead atoms. The predicted octanol–water partition coefficient (Wildman–Crippen LogP) is 2.98. The largest absolute Gasteiger partial charge is 0.491 e. The van der Waals surface area contributed by atoms with Crippen LogP contribution in [0.3, 0.4) is 0 Å². The highest BCUT2D eigenvalue weighted by Gasteiger charge is 2.14. The fraction of sp³-hybridized carbons (Fsp3) is 0.611. The van der Waals surface area contributed by atoms with Gasteiger partial charge in [-0.25, -0.2) is 4.39 Å². The smallest absolute Gasteiger partial charge is 0.220 e. The van der Waals surface area contributed by atoms with Crippen LogP contribution in [0, 0.1) is 5.82 Å². The molecule has 1 heterocycles. The second kappa shape index (κ2) is 9.50. The Morgan fingerprint density at radius 2 is 2.04 bits per heavy atom. The summed E-state index contributed by atoms with van der Waals surface area (Å²) in [5, 5.41) is 3.03. The minimum atomic E-state index is -0.368. The van der Waals surface area contributed by atoms with Crippen LogP contribution in [0.4, 0.5) is 4.39 Å². The van der Waals surface area contributed by atoms with E-state index in [0.29, 0.717) is 19.4 Å². The van der Waals surface area contributed by atoms with Crippen LogP contribution >= 0.6 is 0 Å². The number of hydrogen-bond donors (Lipinski definition) is 1. The maximum absolute atomic E-state index is 13.4. The number of carbonyl (C=O) groups excluding carboxylic acids is 1. The van der Waals surface area contributed by atoms with E-state index in [1.54, 1.807) is 18.2 Å². The minimum Gasteiger partial charge on any atom is -0.491 e. The van der Waals surface area contributed by atoms with Gasteiger partial charge in [-0.15, -0.1) is 0 Å². The number of carbonyl (C=O) groups is 1. The van der Waals surface area contributed by atoms with Gasteiger partial charge in [-0.1, -0.05) is 18.6 Å². The minimum absolute atomic E-state index is 0.0339. The van der Waals surface area contributed by atoms with Crippen molar-refractivity contribution in [3.05, 3.63) is 30.1 Å². The number of benzene rings is 1. The third kappa shape index (κ3) is 6.57. The first-order valence-electron chi connectivity index (χ1n) is 8.54. The van der Waals surface area contributed by atoms with Crippen molar-refractivity contribution in [1.82, 2.24) is 10.2 Å². The van der Waals surface area contributed by atoms with Gasteiger partial charge in [0.25, 0.3) is 0 Å². The number of nitrogens with zero attached hydrogens (tertiary/aromatic N) is 1. The highest BCUT2D eigenvalue weighted by molar-refractivity contribution is 5.76. The Bertz CT molecular complexity index is 490. The first-order chi connectivity index (χ1) is 11.1. The average Bonchev–Trinajstić information content (AvgIpc) is 2.54. The highest BCUT2D eigenvalue weighted by Crippen LogP contribution is 2.15. The topological polar surface area (TPSA) is 41.6 Å². The van der Waals surface area contributed by atoms with Gasteiger partial charge in [-0.05, 0) is 51.4 Å². The predicted molar refractivity (Wildman–Crippen MR) is 89.0 cm³/mol. The summed E-state index contributed by atoms with van der Waals surface area (Å²) in [6.07, 6.45) is 4.82. The van der Waals surface area contributed by atoms with Gasteiger partial charge in [0.15, 0.2) is 11.6 Å². The molecule has 1 atom stereocenters. The molecule has 0 aromatic heterocycles. The van der Waals surface area contributed by atoms with E-state index in [9.17, 15) is 9.18 Å². The molecule has 0 aliphatic carbocycles. The molecule has 4 nitrogen and oxygen atoms in total. The molecular formula is C18H27FN2O2. The highest BCUT2D eigenvalue weighted by atomic mass is 19.1. The van der Waals surface area contributed by atoms with Gasteiger partial charge in [0.1, 0.15) is 0 Å². The molecule has 1 aliphatic heterocycles. The summed E-state index contributed by atoms with van der Waals surface area (Å²) in [5.74, 6) is -0.0925. The fourth-order valence-electron chi connectivity index (χ4n) is 2.90. The zero-order valence-electron chi connectivity index (χ0n) is 13.9. The van der Waals surface area contributed by atoms with E-state index < -0.39 is 0 Å². The number of likely N-dealkylation sites (tertiary alicyclic amines) is 1. The normalized spacial score (nSPS) is 16.8. The molecule has 1 aliphatic rings. The number of piperidine rings is 1. The SMILES string of the molecule is CC(CN1CCCCC1)NC(=O)CCCOc1ccccc1F. The average molecular weight is 322 g/mol. The van der Waals surface area contributed by atoms with E-state index in [0.717, 1.165) is 19.6 Å². The molecule has 0 saturated carbocycles. The van der Waals surface area contributed by atoms with Gasteiger partial charge in [0.05, 0.1) is 6.61 Å². The number of ether oxygens (including phenoxy) is 1. The molecule has 5 heteroatoms. The summed E-state index contributed by atoms with van der Waals surface area (Å²) in [5.41, 5.74) is 0. The van der Waals surface area contributed by atoms with E-state index >= 15 is 0 Å². The molecule has 1 amide bonds. The Labute approximate surface area is 138 Å². The lowest BCUT2D eigenvalue weighted by Crippen LogP contribution is -2.43. The molecule has 1 N–H and O–H groups in total. The van der Waals surface area contributed by atoms with Crippen LogP contribution in [0.5, 0.6) is 5.75 Å². The van der Waals surface area contributed by atoms with Gasteiger partial charge in [0.2, 0.25) is 5.91 Å². The zero-order valence-corrected chi connectivity index (χ0v) is 13.9. The van der Waals surface area contributed by atoms with Crippen molar-refractivity contribution in [1.29, 1.82) is 0 Å². The summed E-state index contributed by atoms with van der Waals surface area (Å²) in [6.45, 7) is 5.57. The van der Waals surface area contributed by atoms with Gasteiger partial charge in [0, 0.05) is 19.0 Å². The molecular weight excluding hydrogens is 295 g/mol. The van der Waals surface area contributed by atoms with E-state index in [4.69, 9.17) is 4.74 Å². The van der Waals surface area contributed by atoms with Crippen molar-refractivity contribution in [2.24, 2.45) is 0 Å². The van der Waals surface area contributed by atoms with Crippen molar-refractivity contribution in [3.8, 4) is 5.75 Å². The molecule has 1 fully saturated rings. The van der Waals surface area contributed by atoms with Gasteiger partial charge >= 0.3 is 0 Å². The molecule has 1 aromatic carbocycles. The number of amides is 1. The molecule has 2 rings (SSSR count). The van der Waals surface area contributed by atoms with Crippen molar-refractivity contribution in [2.45, 2.75) is 45.1 Å². The Morgan fingerprint density at radius 3 is 2.78 bits per heavy atom. The van der Waals surface area contributed by atoms with E-state index in [2.05, 4.69) is 10.2 Å². The molecule has 1 aromatic rings. The maximum Gasteiger partial charge on any atom is 0.220 e. The van der Waals surface area contributed by atoms with Crippen LogP contribution in [0.15, 0.2) is 24.3 Å². The Morgan fingerprint density at radius 1 is 1.30 bits per heavy atom. The van der Waals surface area contributed by atoms with E-state index in [1.807, 2.05) is 6.92 Å². The van der Waals surface area contributed by atoms with E-state index in [-0.39, 0.29) is 23.5 Å². The molecule has 23 heavy (non-hydrogen) atoms. The zero-order chi connectivity index (χ0) is 16.5. The summed E-state index contributed by atoms with van der Waals surface area (Å²) < 4.78 is 18.7. The molecule has 0 radical (unpaired) electrons. The Hall–Kier alpha value is -1.62. The number of rotatable bonds is 8. The van der Waals surface area contributed by atoms with Gasteiger partial charge < -0.3 is 15.0 Å². The molecule has 1 saturated heterocycles. The first kappa shape index (κ1) is 17.7. The monoisotopic (exact) mass is 322 g/mol. The number of hydrogen-bond acceptors (Lipinski definition) is 3. The molecule has 0 spiro atoms. The lowest BCUT2D eigenvalue weighted by Gasteiger charge is -2.29. The maximum atomic E-state index is 13.4. The third-order valence-electron chi connectivity index (χ3n) is 4.03. The fourth-order valence-corrected chi connectivity index (χ4v) is 2.90. The number of halogens is 1. The van der Waals surface area contributed by atoms with Crippen LogP contribution in [-0.2, 0) is 4.79 Å². The second-order valence-electron chi connectivity index (χ2n) is 6.21. The van der Waals surface area contributed by atoms with E-state index in [1.165, 1.54) is 25.3 Å². The Balaban J connectivity index is 1.58. The number of nitrogens with one attached hydrogen (secondary N) is 1. The first-order valence-corrected chi connectivity index (χ1v) is 8.54. The van der Waals surface area contributed by atoms with Crippen molar-refractivity contribution in [3.63, 3.8) is 0 Å². The summed E-state index contributed by atoms with van der Waals surface area (Å²) in [4.78, 5) is 14.3. The number of para-hydroxylation sites is 1. The second-order valence-corrected chi connectivity index (χ2v) is 6.21. The third-order valence-corrected chi connectivity index (χ3v) is 4.03. The summed E-state index contributed by atoms with van der Waals surface area (Å²) >= 11 is 0. The lowest BCUT2D eigenvalue weighted by molar-refractivity contribution is -0.122.